The van der Waals surface area contributed by atoms with Crippen LogP contribution in [-0.4, -0.2) is 65.7 Å². The third-order valence-corrected chi connectivity index (χ3v) is 4.88. The Morgan fingerprint density at radius 2 is 1.92 bits per heavy atom. The number of hydrogen-bond acceptors (Lipinski definition) is 5. The van der Waals surface area contributed by atoms with Crippen molar-refractivity contribution >= 4 is 36.5 Å². The topological polar surface area (TPSA) is 61.4 Å². The summed E-state index contributed by atoms with van der Waals surface area (Å²) in [7, 11) is 1.97. The summed E-state index contributed by atoms with van der Waals surface area (Å²) in [5.41, 5.74) is 0.869. The molecule has 0 bridgehead atoms. The zero-order chi connectivity index (χ0) is 17.3. The van der Waals surface area contributed by atoms with E-state index in [4.69, 9.17) is 0 Å². The fraction of sp³-hybridized carbons (Fsp3) is 0.688. The van der Waals surface area contributed by atoms with Crippen LogP contribution in [0.1, 0.15) is 25.0 Å². The van der Waals surface area contributed by atoms with E-state index in [-0.39, 0.29) is 36.8 Å². The predicted molar refractivity (Wildman–Crippen MR) is 101 cm³/mol. The highest BCUT2D eigenvalue weighted by molar-refractivity contribution is 5.85. The molecule has 1 aromatic rings. The molecule has 2 aliphatic rings. The van der Waals surface area contributed by atoms with Crippen molar-refractivity contribution in [2.45, 2.75) is 44.2 Å². The summed E-state index contributed by atoms with van der Waals surface area (Å²) < 4.78 is 26.5. The van der Waals surface area contributed by atoms with E-state index in [1.54, 1.807) is 4.90 Å². The molecule has 0 aromatic carbocycles. The Kier molecular flexibility index (Phi) is 7.98. The van der Waals surface area contributed by atoms with Crippen molar-refractivity contribution in [1.29, 1.82) is 0 Å². The molecule has 10 heteroatoms. The van der Waals surface area contributed by atoms with E-state index in [0.717, 1.165) is 24.4 Å². The molecule has 1 atom stereocenters. The Morgan fingerprint density at radius 1 is 1.27 bits per heavy atom. The Balaban J connectivity index is 0.00000169. The van der Waals surface area contributed by atoms with Gasteiger partial charge in [-0.05, 0) is 31.9 Å². The number of carbonyl (C=O) groups is 1. The number of hydrogen-bond donors (Lipinski definition) is 1. The number of rotatable bonds is 3. The molecule has 26 heavy (non-hydrogen) atoms. The Bertz CT molecular complexity index is 597. The van der Waals surface area contributed by atoms with Crippen LogP contribution in [0, 0.1) is 6.92 Å². The summed E-state index contributed by atoms with van der Waals surface area (Å²) in [4.78, 5) is 16.1. The first-order chi connectivity index (χ1) is 11.4. The van der Waals surface area contributed by atoms with Gasteiger partial charge in [-0.15, -0.1) is 29.9 Å². The number of likely N-dealkylation sites (tertiary alicyclic amines) is 1. The fourth-order valence-corrected chi connectivity index (χ4v) is 3.35. The molecule has 0 spiro atoms. The van der Waals surface area contributed by atoms with Gasteiger partial charge in [0.25, 0.3) is 5.92 Å². The van der Waals surface area contributed by atoms with E-state index in [2.05, 4.69) is 20.4 Å². The summed E-state index contributed by atoms with van der Waals surface area (Å²) in [5, 5.41) is 10.9. The van der Waals surface area contributed by atoms with E-state index in [9.17, 15) is 13.6 Å². The smallest absolute Gasteiger partial charge is 0.262 e. The molecule has 1 N–H and O–H groups in total. The molecule has 0 radical (unpaired) electrons. The third kappa shape index (κ3) is 5.14. The van der Waals surface area contributed by atoms with Gasteiger partial charge < -0.3 is 9.80 Å². The van der Waals surface area contributed by atoms with Crippen molar-refractivity contribution in [1.82, 2.24) is 20.4 Å². The van der Waals surface area contributed by atoms with E-state index in [0.29, 0.717) is 13.1 Å². The fourth-order valence-electron chi connectivity index (χ4n) is 3.35. The lowest BCUT2D eigenvalue weighted by Crippen LogP contribution is -2.50. The molecule has 0 saturated carbocycles. The predicted octanol–water partition coefficient (Wildman–Crippen LogP) is 2.05. The number of carbonyl (C=O) groups excluding carboxylic acids is 1. The van der Waals surface area contributed by atoms with Crippen LogP contribution < -0.4 is 10.2 Å². The summed E-state index contributed by atoms with van der Waals surface area (Å²) in [5.74, 6) is -2.17. The van der Waals surface area contributed by atoms with Gasteiger partial charge in [-0.2, -0.15) is 5.10 Å². The van der Waals surface area contributed by atoms with Crippen LogP contribution >= 0.6 is 24.8 Å². The van der Waals surface area contributed by atoms with Crippen LogP contribution in [0.2, 0.25) is 0 Å². The third-order valence-electron chi connectivity index (χ3n) is 4.88. The van der Waals surface area contributed by atoms with Crippen LogP contribution in [0.25, 0.3) is 0 Å². The molecule has 1 aromatic heterocycles. The number of alkyl halides is 2. The largest absolute Gasteiger partial charge is 0.355 e. The number of anilines is 1. The van der Waals surface area contributed by atoms with Crippen LogP contribution in [0.5, 0.6) is 0 Å². The second-order valence-corrected chi connectivity index (χ2v) is 6.69. The maximum Gasteiger partial charge on any atom is 0.262 e. The van der Waals surface area contributed by atoms with Crippen molar-refractivity contribution in [2.24, 2.45) is 0 Å². The summed E-state index contributed by atoms with van der Waals surface area (Å²) in [6.45, 7) is 2.64. The summed E-state index contributed by atoms with van der Waals surface area (Å²) >= 11 is 0. The number of nitrogens with one attached hydrogen (secondary N) is 1. The lowest BCUT2D eigenvalue weighted by molar-refractivity contribution is -0.134. The highest BCUT2D eigenvalue weighted by Crippen LogP contribution is 2.27. The first-order valence-electron chi connectivity index (χ1n) is 8.29. The molecule has 1 unspecified atom stereocenters. The molecule has 6 nitrogen and oxygen atoms in total. The van der Waals surface area contributed by atoms with Crippen LogP contribution in [0.4, 0.5) is 14.6 Å². The molecular weight excluding hydrogens is 387 g/mol. The summed E-state index contributed by atoms with van der Waals surface area (Å²) in [6, 6.07) is 3.37. The lowest BCUT2D eigenvalue weighted by atomic mass is 10.0. The van der Waals surface area contributed by atoms with Gasteiger partial charge in [0.05, 0.1) is 18.3 Å². The van der Waals surface area contributed by atoms with Crippen molar-refractivity contribution in [3.05, 3.63) is 17.8 Å². The number of aromatic nitrogens is 2. The quantitative estimate of drug-likeness (QED) is 0.824. The average molecular weight is 412 g/mol. The van der Waals surface area contributed by atoms with Crippen molar-refractivity contribution < 1.29 is 13.6 Å². The zero-order valence-electron chi connectivity index (χ0n) is 14.8. The first-order valence-corrected chi connectivity index (χ1v) is 8.29. The van der Waals surface area contributed by atoms with Gasteiger partial charge in [0.2, 0.25) is 5.91 Å². The Hall–Kier alpha value is -1.25. The summed E-state index contributed by atoms with van der Waals surface area (Å²) in [6.07, 6.45) is 1.19. The maximum atomic E-state index is 13.3. The second-order valence-electron chi connectivity index (χ2n) is 6.69. The molecule has 3 rings (SSSR count). The van der Waals surface area contributed by atoms with Crippen LogP contribution in [-0.2, 0) is 4.79 Å². The van der Waals surface area contributed by atoms with Gasteiger partial charge in [0.1, 0.15) is 0 Å². The van der Waals surface area contributed by atoms with Crippen LogP contribution in [0.15, 0.2) is 12.1 Å². The number of halogens is 4. The highest BCUT2D eigenvalue weighted by Gasteiger charge is 2.44. The monoisotopic (exact) mass is 411 g/mol. The zero-order valence-corrected chi connectivity index (χ0v) is 16.5. The van der Waals surface area contributed by atoms with Gasteiger partial charge in [0.15, 0.2) is 5.82 Å². The highest BCUT2D eigenvalue weighted by atomic mass is 35.5. The molecule has 0 aliphatic carbocycles. The minimum Gasteiger partial charge on any atom is -0.355 e. The average Bonchev–Trinajstić information content (AvgIpc) is 2.94. The SMILES string of the molecule is Cc1ccc(N(C)C2CCN(C(=O)C3CC(F)(F)CN3)CC2)nn1.Cl.Cl. The molecule has 2 aliphatic heterocycles. The maximum absolute atomic E-state index is 13.3. The van der Waals surface area contributed by atoms with Gasteiger partial charge in [-0.25, -0.2) is 8.78 Å². The van der Waals surface area contributed by atoms with Crippen LogP contribution in [0.3, 0.4) is 0 Å². The van der Waals surface area contributed by atoms with E-state index in [1.807, 2.05) is 26.1 Å². The normalized spacial score (nSPS) is 22.3. The molecule has 1 amide bonds. The number of nitrogens with zero attached hydrogens (tertiary/aromatic N) is 4. The number of piperidine rings is 1. The second kappa shape index (κ2) is 9.10. The minimum atomic E-state index is -2.77. The van der Waals surface area contributed by atoms with Gasteiger partial charge in [-0.1, -0.05) is 0 Å². The lowest BCUT2D eigenvalue weighted by Gasteiger charge is -2.38. The van der Waals surface area contributed by atoms with Crippen molar-refractivity contribution in [2.75, 3.05) is 31.6 Å². The molecule has 2 saturated heterocycles. The molecular formula is C16H25Cl2F2N5O. The standard InChI is InChI=1S/C16H23F2N5O.2ClH/c1-11-3-4-14(21-20-11)22(2)12-5-7-23(8-6-12)15(24)13-9-16(17,18)10-19-13;;/h3-4,12-13,19H,5-10H2,1-2H3;2*1H. The van der Waals surface area contributed by atoms with E-state index >= 15 is 0 Å². The first kappa shape index (κ1) is 22.8. The van der Waals surface area contributed by atoms with E-state index in [1.165, 1.54) is 0 Å². The Labute approximate surface area is 164 Å². The minimum absolute atomic E-state index is 0. The van der Waals surface area contributed by atoms with Gasteiger partial charge in [-0.3, -0.25) is 10.1 Å². The van der Waals surface area contributed by atoms with Crippen molar-refractivity contribution in [3.63, 3.8) is 0 Å². The molecule has 148 valence electrons. The van der Waals surface area contributed by atoms with Crippen molar-refractivity contribution in [3.8, 4) is 0 Å². The van der Waals surface area contributed by atoms with E-state index < -0.39 is 24.9 Å². The molecule has 3 heterocycles. The Morgan fingerprint density at radius 3 is 2.42 bits per heavy atom. The van der Waals surface area contributed by atoms with Gasteiger partial charge >= 0.3 is 0 Å². The number of aryl methyl sites for hydroxylation is 1. The number of amides is 1. The molecule has 2 fully saturated rings. The van der Waals surface area contributed by atoms with Gasteiger partial charge in [0, 0.05) is 32.6 Å².